The van der Waals surface area contributed by atoms with Crippen molar-refractivity contribution in [2.24, 2.45) is 5.92 Å². The Labute approximate surface area is 224 Å². The van der Waals surface area contributed by atoms with Crippen molar-refractivity contribution in [3.8, 4) is 0 Å². The first-order valence-corrected chi connectivity index (χ1v) is 13.6. The largest absolute Gasteiger partial charge is 0.352 e. The highest BCUT2D eigenvalue weighted by Gasteiger charge is 2.25. The minimum absolute atomic E-state index is 0.0552. The van der Waals surface area contributed by atoms with Crippen molar-refractivity contribution in [2.75, 3.05) is 19.6 Å². The Balaban J connectivity index is 1.09. The van der Waals surface area contributed by atoms with E-state index in [9.17, 15) is 4.79 Å². The van der Waals surface area contributed by atoms with Crippen LogP contribution in [0.5, 0.6) is 0 Å². The summed E-state index contributed by atoms with van der Waals surface area (Å²) >= 11 is 12.7. The fraction of sp³-hybridized carbons (Fsp3) is 0.367. The van der Waals surface area contributed by atoms with Gasteiger partial charge in [0.25, 0.3) is 0 Å². The molecule has 0 atom stereocenters. The second-order valence-electron chi connectivity index (χ2n) is 10.0. The molecule has 6 heteroatoms. The van der Waals surface area contributed by atoms with Gasteiger partial charge in [0, 0.05) is 54.3 Å². The summed E-state index contributed by atoms with van der Waals surface area (Å²) in [7, 11) is 0. The molecule has 0 spiro atoms. The number of hydrogen-bond acceptors (Lipinski definition) is 3. The highest BCUT2D eigenvalue weighted by Crippen LogP contribution is 2.28. The monoisotopic (exact) mass is 521 g/mol. The minimum atomic E-state index is 0.0552. The van der Waals surface area contributed by atoms with Crippen LogP contribution in [0.15, 0.2) is 66.7 Å². The van der Waals surface area contributed by atoms with Crippen LogP contribution < -0.4 is 5.32 Å². The summed E-state index contributed by atoms with van der Waals surface area (Å²) < 4.78 is 0. The Kier molecular flexibility index (Phi) is 8.28. The van der Waals surface area contributed by atoms with E-state index in [0.717, 1.165) is 69.7 Å². The van der Waals surface area contributed by atoms with Gasteiger partial charge in [0.2, 0.25) is 5.91 Å². The summed E-state index contributed by atoms with van der Waals surface area (Å²) in [6, 6.07) is 23.0. The molecule has 5 rings (SSSR count). The topological polar surface area (TPSA) is 35.6 Å². The number of amides is 1. The van der Waals surface area contributed by atoms with Crippen molar-refractivity contribution in [1.82, 2.24) is 15.1 Å². The Hall–Kier alpha value is -2.37. The Morgan fingerprint density at radius 1 is 0.806 bits per heavy atom. The SMILES string of the molecule is O=C(NCc1cccc(CN2CCc3ccccc3C2)c1)C1CCN(Cc2c(Cl)cccc2Cl)CC1. The molecule has 3 aromatic carbocycles. The average molecular weight is 523 g/mol. The molecular weight excluding hydrogens is 489 g/mol. The van der Waals surface area contributed by atoms with E-state index in [4.69, 9.17) is 23.2 Å². The van der Waals surface area contributed by atoms with Gasteiger partial charge < -0.3 is 5.32 Å². The van der Waals surface area contributed by atoms with Gasteiger partial charge in [-0.3, -0.25) is 14.6 Å². The van der Waals surface area contributed by atoms with Crippen molar-refractivity contribution in [2.45, 2.75) is 45.4 Å². The molecule has 1 fully saturated rings. The lowest BCUT2D eigenvalue weighted by Crippen LogP contribution is -2.40. The van der Waals surface area contributed by atoms with Crippen molar-refractivity contribution >= 4 is 29.1 Å². The van der Waals surface area contributed by atoms with Crippen LogP contribution in [0.25, 0.3) is 0 Å². The number of likely N-dealkylation sites (tertiary alicyclic amines) is 1. The number of fused-ring (bicyclic) bond motifs is 1. The molecule has 0 radical (unpaired) electrons. The molecule has 188 valence electrons. The fourth-order valence-corrected chi connectivity index (χ4v) is 5.90. The van der Waals surface area contributed by atoms with E-state index in [1.54, 1.807) is 0 Å². The van der Waals surface area contributed by atoms with Gasteiger partial charge in [-0.25, -0.2) is 0 Å². The third kappa shape index (κ3) is 6.30. The molecule has 36 heavy (non-hydrogen) atoms. The van der Waals surface area contributed by atoms with E-state index in [1.807, 2.05) is 18.2 Å². The predicted molar refractivity (Wildman–Crippen MR) is 147 cm³/mol. The van der Waals surface area contributed by atoms with Crippen LogP contribution in [-0.2, 0) is 37.4 Å². The molecular formula is C30H33Cl2N3O. The van der Waals surface area contributed by atoms with Gasteiger partial charge >= 0.3 is 0 Å². The zero-order chi connectivity index (χ0) is 24.9. The van der Waals surface area contributed by atoms with E-state index < -0.39 is 0 Å². The van der Waals surface area contributed by atoms with Crippen LogP contribution >= 0.6 is 23.2 Å². The Morgan fingerprint density at radius 3 is 2.28 bits per heavy atom. The van der Waals surface area contributed by atoms with Crippen molar-refractivity contribution in [3.63, 3.8) is 0 Å². The van der Waals surface area contributed by atoms with Crippen molar-refractivity contribution < 1.29 is 4.79 Å². The molecule has 2 aliphatic rings. The van der Waals surface area contributed by atoms with Gasteiger partial charge in [0.1, 0.15) is 0 Å². The van der Waals surface area contributed by atoms with E-state index >= 15 is 0 Å². The highest BCUT2D eigenvalue weighted by molar-refractivity contribution is 6.35. The maximum Gasteiger partial charge on any atom is 0.223 e. The molecule has 2 heterocycles. The third-order valence-corrected chi connectivity index (χ3v) is 8.18. The standard InChI is InChI=1S/C30H33Cl2N3O/c31-28-9-4-10-29(32)27(28)21-34-14-12-25(13-15-34)30(36)33-18-22-5-3-6-23(17-22)19-35-16-11-24-7-1-2-8-26(24)20-35/h1-10,17,25H,11-16,18-21H2,(H,33,36). The van der Waals surface area contributed by atoms with Crippen LogP contribution in [0.4, 0.5) is 0 Å². The average Bonchev–Trinajstić information content (AvgIpc) is 2.90. The predicted octanol–water partition coefficient (Wildman–Crippen LogP) is 6.08. The molecule has 3 aromatic rings. The molecule has 1 saturated heterocycles. The van der Waals surface area contributed by atoms with Gasteiger partial charge in [-0.1, -0.05) is 77.8 Å². The minimum Gasteiger partial charge on any atom is -0.352 e. The van der Waals surface area contributed by atoms with Crippen LogP contribution in [-0.4, -0.2) is 35.3 Å². The number of carbonyl (C=O) groups is 1. The fourth-order valence-electron chi connectivity index (χ4n) is 5.38. The molecule has 0 saturated carbocycles. The lowest BCUT2D eigenvalue weighted by atomic mass is 9.95. The molecule has 0 aliphatic carbocycles. The second-order valence-corrected chi connectivity index (χ2v) is 10.8. The number of benzene rings is 3. The summed E-state index contributed by atoms with van der Waals surface area (Å²) in [5.41, 5.74) is 6.34. The quantitative estimate of drug-likeness (QED) is 0.409. The third-order valence-electron chi connectivity index (χ3n) is 7.48. The number of nitrogens with zero attached hydrogens (tertiary/aromatic N) is 2. The van der Waals surface area contributed by atoms with Crippen molar-refractivity contribution in [3.05, 3.63) is 105 Å². The Bertz CT molecular complexity index is 1190. The van der Waals surface area contributed by atoms with E-state index in [-0.39, 0.29) is 11.8 Å². The first-order valence-electron chi connectivity index (χ1n) is 12.8. The summed E-state index contributed by atoms with van der Waals surface area (Å²) in [5.74, 6) is 0.211. The summed E-state index contributed by atoms with van der Waals surface area (Å²) in [6.07, 6.45) is 2.81. The molecule has 1 N–H and O–H groups in total. The van der Waals surface area contributed by atoms with Gasteiger partial charge in [0.05, 0.1) is 0 Å². The van der Waals surface area contributed by atoms with Gasteiger partial charge in [0.15, 0.2) is 0 Å². The lowest BCUT2D eigenvalue weighted by Gasteiger charge is -2.31. The van der Waals surface area contributed by atoms with Crippen LogP contribution in [0, 0.1) is 5.92 Å². The first-order chi connectivity index (χ1) is 17.5. The number of piperidine rings is 1. The van der Waals surface area contributed by atoms with Crippen LogP contribution in [0.2, 0.25) is 10.0 Å². The second kappa shape index (κ2) is 11.8. The molecule has 0 unspecified atom stereocenters. The molecule has 0 bridgehead atoms. The van der Waals surface area contributed by atoms with E-state index in [1.165, 1.54) is 16.7 Å². The number of halogens is 2. The maximum absolute atomic E-state index is 12.9. The highest BCUT2D eigenvalue weighted by atomic mass is 35.5. The molecule has 2 aliphatic heterocycles. The zero-order valence-corrected chi connectivity index (χ0v) is 22.1. The normalized spacial score (nSPS) is 17.1. The number of rotatable bonds is 7. The molecule has 0 aromatic heterocycles. The lowest BCUT2D eigenvalue weighted by molar-refractivity contribution is -0.126. The molecule has 1 amide bonds. The van der Waals surface area contributed by atoms with Crippen LogP contribution in [0.1, 0.15) is 40.7 Å². The van der Waals surface area contributed by atoms with Gasteiger partial charge in [-0.2, -0.15) is 0 Å². The number of carbonyl (C=O) groups excluding carboxylic acids is 1. The first kappa shape index (κ1) is 25.3. The van der Waals surface area contributed by atoms with Crippen molar-refractivity contribution in [1.29, 1.82) is 0 Å². The van der Waals surface area contributed by atoms with Gasteiger partial charge in [-0.15, -0.1) is 0 Å². The summed E-state index contributed by atoms with van der Waals surface area (Å²) in [4.78, 5) is 17.7. The number of hydrogen-bond donors (Lipinski definition) is 1. The smallest absolute Gasteiger partial charge is 0.223 e. The Morgan fingerprint density at radius 2 is 1.50 bits per heavy atom. The maximum atomic E-state index is 12.9. The van der Waals surface area contributed by atoms with E-state index in [2.05, 4.69) is 63.6 Å². The number of nitrogens with one attached hydrogen (secondary N) is 1. The summed E-state index contributed by atoms with van der Waals surface area (Å²) in [5, 5.41) is 4.59. The zero-order valence-electron chi connectivity index (χ0n) is 20.6. The van der Waals surface area contributed by atoms with Gasteiger partial charge in [-0.05, 0) is 66.7 Å². The van der Waals surface area contributed by atoms with E-state index in [0.29, 0.717) is 16.6 Å². The van der Waals surface area contributed by atoms with Crippen LogP contribution in [0.3, 0.4) is 0 Å². The summed E-state index contributed by atoms with van der Waals surface area (Å²) in [6.45, 7) is 6.05. The molecule has 4 nitrogen and oxygen atoms in total.